The second-order valence-electron chi connectivity index (χ2n) is 5.48. The summed E-state index contributed by atoms with van der Waals surface area (Å²) in [5.74, 6) is 1.40. The predicted octanol–water partition coefficient (Wildman–Crippen LogP) is 1.85. The number of amides is 1. The molecule has 1 N–H and O–H groups in total. The number of rotatable bonds is 5. The van der Waals surface area contributed by atoms with Crippen LogP contribution in [0.5, 0.6) is 0 Å². The second-order valence-corrected chi connectivity index (χ2v) is 5.48. The standard InChI is InChI=1S/C16H19N3O3/c1-11-2-4-12(5-3-11)16(20)17-8-6-14-18-15(19-22-14)13-7-9-21-10-13/h2-5,13H,6-10H2,1H3,(H,17,20)/t13-/m0/s1. The van der Waals surface area contributed by atoms with Crippen molar-refractivity contribution in [2.75, 3.05) is 19.8 Å². The fraction of sp³-hybridized carbons (Fsp3) is 0.438. The van der Waals surface area contributed by atoms with E-state index >= 15 is 0 Å². The lowest BCUT2D eigenvalue weighted by atomic mass is 10.1. The first-order valence-corrected chi connectivity index (χ1v) is 7.47. The summed E-state index contributed by atoms with van der Waals surface area (Å²) in [6.45, 7) is 3.87. The molecule has 1 atom stereocenters. The molecule has 3 rings (SSSR count). The van der Waals surface area contributed by atoms with Crippen molar-refractivity contribution < 1.29 is 14.1 Å². The van der Waals surface area contributed by atoms with Crippen molar-refractivity contribution in [3.8, 4) is 0 Å². The van der Waals surface area contributed by atoms with Gasteiger partial charge in [-0.3, -0.25) is 4.79 Å². The molecule has 2 aromatic rings. The van der Waals surface area contributed by atoms with Gasteiger partial charge in [0, 0.05) is 31.1 Å². The number of benzene rings is 1. The molecule has 1 aromatic heterocycles. The molecule has 1 saturated heterocycles. The number of carbonyl (C=O) groups excluding carboxylic acids is 1. The molecule has 22 heavy (non-hydrogen) atoms. The van der Waals surface area contributed by atoms with Gasteiger partial charge >= 0.3 is 0 Å². The largest absolute Gasteiger partial charge is 0.381 e. The zero-order chi connectivity index (χ0) is 15.4. The smallest absolute Gasteiger partial charge is 0.251 e. The van der Waals surface area contributed by atoms with Crippen molar-refractivity contribution in [1.82, 2.24) is 15.5 Å². The molecule has 2 heterocycles. The lowest BCUT2D eigenvalue weighted by molar-refractivity contribution is 0.0953. The number of hydrogen-bond acceptors (Lipinski definition) is 5. The molecule has 1 aliphatic heterocycles. The van der Waals surface area contributed by atoms with E-state index in [-0.39, 0.29) is 11.8 Å². The Balaban J connectivity index is 1.48. The predicted molar refractivity (Wildman–Crippen MR) is 79.7 cm³/mol. The van der Waals surface area contributed by atoms with Gasteiger partial charge in [0.1, 0.15) is 0 Å². The molecule has 6 nitrogen and oxygen atoms in total. The summed E-state index contributed by atoms with van der Waals surface area (Å²) >= 11 is 0. The quantitative estimate of drug-likeness (QED) is 0.912. The molecule has 0 radical (unpaired) electrons. The van der Waals surface area contributed by atoms with E-state index in [9.17, 15) is 4.79 Å². The van der Waals surface area contributed by atoms with Gasteiger partial charge in [-0.25, -0.2) is 0 Å². The first-order valence-electron chi connectivity index (χ1n) is 7.47. The summed E-state index contributed by atoms with van der Waals surface area (Å²) in [5.41, 5.74) is 1.78. The van der Waals surface area contributed by atoms with E-state index in [2.05, 4.69) is 15.5 Å². The van der Waals surface area contributed by atoms with E-state index in [0.29, 0.717) is 36.9 Å². The van der Waals surface area contributed by atoms with Crippen LogP contribution in [0.2, 0.25) is 0 Å². The summed E-state index contributed by atoms with van der Waals surface area (Å²) in [5, 5.41) is 6.84. The van der Waals surface area contributed by atoms with Crippen LogP contribution in [0.3, 0.4) is 0 Å². The minimum absolute atomic E-state index is 0.0936. The highest BCUT2D eigenvalue weighted by Crippen LogP contribution is 2.22. The van der Waals surface area contributed by atoms with Crippen molar-refractivity contribution >= 4 is 5.91 Å². The molecule has 0 bridgehead atoms. The highest BCUT2D eigenvalue weighted by Gasteiger charge is 2.22. The zero-order valence-electron chi connectivity index (χ0n) is 12.5. The Morgan fingerprint density at radius 3 is 2.91 bits per heavy atom. The lowest BCUT2D eigenvalue weighted by Crippen LogP contribution is -2.25. The van der Waals surface area contributed by atoms with Gasteiger partial charge < -0.3 is 14.6 Å². The number of aryl methyl sites for hydroxylation is 1. The van der Waals surface area contributed by atoms with Crippen LogP contribution in [0, 0.1) is 6.92 Å². The van der Waals surface area contributed by atoms with E-state index in [1.165, 1.54) is 0 Å². The first kappa shape index (κ1) is 14.7. The summed E-state index contributed by atoms with van der Waals surface area (Å²) in [7, 11) is 0. The Labute approximate surface area is 128 Å². The van der Waals surface area contributed by atoms with Crippen LogP contribution in [0.15, 0.2) is 28.8 Å². The Morgan fingerprint density at radius 2 is 2.18 bits per heavy atom. The van der Waals surface area contributed by atoms with Gasteiger partial charge in [-0.05, 0) is 25.5 Å². The molecule has 0 unspecified atom stereocenters. The molecular weight excluding hydrogens is 282 g/mol. The minimum Gasteiger partial charge on any atom is -0.381 e. The maximum Gasteiger partial charge on any atom is 0.251 e. The molecule has 1 aromatic carbocycles. The van der Waals surface area contributed by atoms with Crippen LogP contribution in [0.1, 0.15) is 40.0 Å². The summed E-state index contributed by atoms with van der Waals surface area (Å²) in [4.78, 5) is 16.3. The van der Waals surface area contributed by atoms with Crippen molar-refractivity contribution in [3.63, 3.8) is 0 Å². The average Bonchev–Trinajstić information content (AvgIpc) is 3.19. The average molecular weight is 301 g/mol. The topological polar surface area (TPSA) is 77.2 Å². The van der Waals surface area contributed by atoms with Crippen molar-refractivity contribution in [2.24, 2.45) is 0 Å². The molecule has 116 valence electrons. The van der Waals surface area contributed by atoms with Crippen LogP contribution in [0.4, 0.5) is 0 Å². The van der Waals surface area contributed by atoms with E-state index < -0.39 is 0 Å². The van der Waals surface area contributed by atoms with Gasteiger partial charge in [0.15, 0.2) is 5.82 Å². The molecule has 1 fully saturated rings. The van der Waals surface area contributed by atoms with Gasteiger partial charge in [0.05, 0.1) is 6.61 Å². The summed E-state index contributed by atoms with van der Waals surface area (Å²) < 4.78 is 10.5. The second kappa shape index (κ2) is 6.70. The van der Waals surface area contributed by atoms with Crippen LogP contribution >= 0.6 is 0 Å². The summed E-state index contributed by atoms with van der Waals surface area (Å²) in [6, 6.07) is 7.47. The fourth-order valence-electron chi connectivity index (χ4n) is 2.36. The van der Waals surface area contributed by atoms with E-state index in [4.69, 9.17) is 9.26 Å². The number of carbonyl (C=O) groups is 1. The van der Waals surface area contributed by atoms with Crippen LogP contribution in [-0.2, 0) is 11.2 Å². The number of ether oxygens (including phenoxy) is 1. The Bertz CT molecular complexity index is 630. The number of aromatic nitrogens is 2. The maximum atomic E-state index is 12.0. The third kappa shape index (κ3) is 3.51. The number of hydrogen-bond donors (Lipinski definition) is 1. The van der Waals surface area contributed by atoms with Crippen LogP contribution in [0.25, 0.3) is 0 Å². The SMILES string of the molecule is Cc1ccc(C(=O)NCCc2nc([C@H]3CCOC3)no2)cc1. The van der Waals surface area contributed by atoms with E-state index in [0.717, 1.165) is 18.6 Å². The normalized spacial score (nSPS) is 17.6. The van der Waals surface area contributed by atoms with Gasteiger partial charge in [-0.2, -0.15) is 4.98 Å². The zero-order valence-corrected chi connectivity index (χ0v) is 12.5. The Morgan fingerprint density at radius 1 is 1.36 bits per heavy atom. The third-order valence-electron chi connectivity index (χ3n) is 3.72. The minimum atomic E-state index is -0.0936. The van der Waals surface area contributed by atoms with Crippen molar-refractivity contribution in [2.45, 2.75) is 25.7 Å². The Hall–Kier alpha value is -2.21. The molecule has 0 saturated carbocycles. The van der Waals surface area contributed by atoms with Gasteiger partial charge in [-0.15, -0.1) is 0 Å². The van der Waals surface area contributed by atoms with Gasteiger partial charge in [0.25, 0.3) is 5.91 Å². The lowest BCUT2D eigenvalue weighted by Gasteiger charge is -2.03. The fourth-order valence-corrected chi connectivity index (χ4v) is 2.36. The number of nitrogens with zero attached hydrogens (tertiary/aromatic N) is 2. The molecule has 0 aliphatic carbocycles. The molecule has 1 amide bonds. The molecule has 6 heteroatoms. The van der Waals surface area contributed by atoms with Crippen molar-refractivity contribution in [3.05, 3.63) is 47.1 Å². The molecular formula is C16H19N3O3. The highest BCUT2D eigenvalue weighted by atomic mass is 16.5. The van der Waals surface area contributed by atoms with Gasteiger partial charge in [-0.1, -0.05) is 22.9 Å². The summed E-state index contributed by atoms with van der Waals surface area (Å²) in [6.07, 6.45) is 1.46. The monoisotopic (exact) mass is 301 g/mol. The van der Waals surface area contributed by atoms with Crippen molar-refractivity contribution in [1.29, 1.82) is 0 Å². The van der Waals surface area contributed by atoms with Crippen LogP contribution < -0.4 is 5.32 Å². The number of nitrogens with one attached hydrogen (secondary N) is 1. The van der Waals surface area contributed by atoms with E-state index in [1.807, 2.05) is 31.2 Å². The first-order chi connectivity index (χ1) is 10.7. The Kier molecular flexibility index (Phi) is 4.48. The van der Waals surface area contributed by atoms with E-state index in [1.54, 1.807) is 0 Å². The maximum absolute atomic E-state index is 12.0. The molecule has 0 spiro atoms. The van der Waals surface area contributed by atoms with Crippen LogP contribution in [-0.4, -0.2) is 35.8 Å². The van der Waals surface area contributed by atoms with Gasteiger partial charge in [0.2, 0.25) is 5.89 Å². The highest BCUT2D eigenvalue weighted by molar-refractivity contribution is 5.94. The third-order valence-corrected chi connectivity index (χ3v) is 3.72. The molecule has 1 aliphatic rings.